The highest BCUT2D eigenvalue weighted by Gasteiger charge is 2.09. The Morgan fingerprint density at radius 2 is 2.14 bits per heavy atom. The molecule has 0 aliphatic heterocycles. The summed E-state index contributed by atoms with van der Waals surface area (Å²) in [6.07, 6.45) is 0.543. The van der Waals surface area contributed by atoms with Gasteiger partial charge >= 0.3 is 0 Å². The van der Waals surface area contributed by atoms with Gasteiger partial charge in [-0.05, 0) is 24.1 Å². The molecule has 0 aliphatic rings. The van der Waals surface area contributed by atoms with Crippen molar-refractivity contribution in [2.75, 3.05) is 5.73 Å². The lowest BCUT2D eigenvalue weighted by atomic mass is 10.0. The summed E-state index contributed by atoms with van der Waals surface area (Å²) < 4.78 is 0. The number of halogens is 1. The maximum Gasteiger partial charge on any atom is 0.163 e. The number of benzene rings is 1. The summed E-state index contributed by atoms with van der Waals surface area (Å²) >= 11 is 5.75. The highest BCUT2D eigenvalue weighted by Crippen LogP contribution is 2.20. The molecule has 1 aromatic rings. The Kier molecular flexibility index (Phi) is 3.53. The highest BCUT2D eigenvalue weighted by atomic mass is 35.5. The van der Waals surface area contributed by atoms with Crippen LogP contribution in [0.4, 0.5) is 5.69 Å². The third-order valence-electron chi connectivity index (χ3n) is 1.91. The number of carbonyl (C=O) groups is 1. The first-order valence-corrected chi connectivity index (χ1v) is 4.96. The van der Waals surface area contributed by atoms with Crippen LogP contribution in [0.15, 0.2) is 18.2 Å². The van der Waals surface area contributed by atoms with Gasteiger partial charge in [0.25, 0.3) is 0 Å². The molecule has 0 radical (unpaired) electrons. The van der Waals surface area contributed by atoms with Crippen LogP contribution in [0.1, 0.15) is 30.6 Å². The molecule has 0 saturated heterocycles. The van der Waals surface area contributed by atoms with E-state index in [9.17, 15) is 4.79 Å². The van der Waals surface area contributed by atoms with Crippen molar-refractivity contribution in [1.82, 2.24) is 0 Å². The van der Waals surface area contributed by atoms with Crippen LogP contribution in [0.25, 0.3) is 0 Å². The Morgan fingerprint density at radius 1 is 1.50 bits per heavy atom. The number of anilines is 1. The number of ketones is 1. The zero-order chi connectivity index (χ0) is 10.7. The molecule has 0 atom stereocenters. The third-order valence-corrected chi connectivity index (χ3v) is 2.26. The van der Waals surface area contributed by atoms with Gasteiger partial charge in [-0.25, -0.2) is 0 Å². The van der Waals surface area contributed by atoms with E-state index in [1.54, 1.807) is 18.2 Å². The molecule has 1 aromatic carbocycles. The van der Waals surface area contributed by atoms with E-state index >= 15 is 0 Å². The summed E-state index contributed by atoms with van der Waals surface area (Å²) in [5.74, 6) is 0.475. The van der Waals surface area contributed by atoms with Crippen molar-refractivity contribution in [3.63, 3.8) is 0 Å². The third kappa shape index (κ3) is 2.74. The van der Waals surface area contributed by atoms with E-state index in [4.69, 9.17) is 17.3 Å². The Morgan fingerprint density at radius 3 is 2.64 bits per heavy atom. The van der Waals surface area contributed by atoms with E-state index in [0.29, 0.717) is 28.6 Å². The molecule has 0 spiro atoms. The summed E-state index contributed by atoms with van der Waals surface area (Å²) in [6.45, 7) is 4.02. The Balaban J connectivity index is 2.86. The zero-order valence-electron chi connectivity index (χ0n) is 8.38. The van der Waals surface area contributed by atoms with Gasteiger partial charge in [-0.2, -0.15) is 0 Å². The second-order valence-electron chi connectivity index (χ2n) is 3.76. The predicted molar refractivity (Wildman–Crippen MR) is 59.6 cm³/mol. The van der Waals surface area contributed by atoms with Crippen molar-refractivity contribution in [1.29, 1.82) is 0 Å². The van der Waals surface area contributed by atoms with Crippen LogP contribution in [0.5, 0.6) is 0 Å². The monoisotopic (exact) mass is 211 g/mol. The molecular formula is C11H14ClNO. The van der Waals surface area contributed by atoms with E-state index in [0.717, 1.165) is 0 Å². The smallest absolute Gasteiger partial charge is 0.163 e. The molecule has 1 rings (SSSR count). The van der Waals surface area contributed by atoms with Gasteiger partial charge in [-0.1, -0.05) is 25.4 Å². The van der Waals surface area contributed by atoms with Crippen molar-refractivity contribution in [2.45, 2.75) is 20.3 Å². The van der Waals surface area contributed by atoms with Gasteiger partial charge in [0, 0.05) is 12.0 Å². The molecule has 0 saturated carbocycles. The van der Waals surface area contributed by atoms with Gasteiger partial charge in [0.1, 0.15) is 0 Å². The zero-order valence-corrected chi connectivity index (χ0v) is 9.14. The summed E-state index contributed by atoms with van der Waals surface area (Å²) in [5.41, 5.74) is 6.70. The first-order valence-electron chi connectivity index (χ1n) is 4.59. The number of carbonyl (C=O) groups excluding carboxylic acids is 1. The van der Waals surface area contributed by atoms with Gasteiger partial charge in [0.05, 0.1) is 10.7 Å². The van der Waals surface area contributed by atoms with Crippen molar-refractivity contribution in [2.24, 2.45) is 5.92 Å². The standard InChI is InChI=1S/C11H14ClNO/c1-7(2)5-11(14)8-3-4-9(12)10(13)6-8/h3-4,6-7H,5,13H2,1-2H3. The lowest BCUT2D eigenvalue weighted by Crippen LogP contribution is -2.04. The molecule has 0 fully saturated rings. The maximum absolute atomic E-state index is 11.6. The van der Waals surface area contributed by atoms with E-state index in [2.05, 4.69) is 0 Å². The van der Waals surface area contributed by atoms with Gasteiger partial charge in [0.2, 0.25) is 0 Å². The molecule has 0 aliphatic carbocycles. The number of hydrogen-bond donors (Lipinski definition) is 1. The molecule has 0 heterocycles. The summed E-state index contributed by atoms with van der Waals surface area (Å²) in [7, 11) is 0. The van der Waals surface area contributed by atoms with Crippen molar-refractivity contribution >= 4 is 23.1 Å². The second kappa shape index (κ2) is 4.47. The van der Waals surface area contributed by atoms with Crippen molar-refractivity contribution in [3.8, 4) is 0 Å². The van der Waals surface area contributed by atoms with Gasteiger partial charge < -0.3 is 5.73 Å². The Bertz CT molecular complexity index is 347. The van der Waals surface area contributed by atoms with E-state index < -0.39 is 0 Å². The van der Waals surface area contributed by atoms with Crippen LogP contribution in [-0.4, -0.2) is 5.78 Å². The van der Waals surface area contributed by atoms with Crippen LogP contribution < -0.4 is 5.73 Å². The summed E-state index contributed by atoms with van der Waals surface area (Å²) in [6, 6.07) is 5.00. The average Bonchev–Trinajstić information content (AvgIpc) is 2.08. The first kappa shape index (κ1) is 11.1. The molecular weight excluding hydrogens is 198 g/mol. The minimum atomic E-state index is 0.114. The van der Waals surface area contributed by atoms with Gasteiger partial charge in [-0.3, -0.25) is 4.79 Å². The molecule has 0 bridgehead atoms. The predicted octanol–water partition coefficient (Wildman–Crippen LogP) is 3.15. The minimum absolute atomic E-state index is 0.114. The lowest BCUT2D eigenvalue weighted by Gasteiger charge is -2.05. The topological polar surface area (TPSA) is 43.1 Å². The molecule has 0 amide bonds. The Hall–Kier alpha value is -1.02. The average molecular weight is 212 g/mol. The molecule has 76 valence electrons. The lowest BCUT2D eigenvalue weighted by molar-refractivity contribution is 0.0968. The van der Waals surface area contributed by atoms with Crippen LogP contribution in [0, 0.1) is 5.92 Å². The van der Waals surface area contributed by atoms with Crippen molar-refractivity contribution < 1.29 is 4.79 Å². The number of nitrogen functional groups attached to an aromatic ring is 1. The largest absolute Gasteiger partial charge is 0.398 e. The Labute approximate surface area is 89.1 Å². The normalized spacial score (nSPS) is 10.6. The second-order valence-corrected chi connectivity index (χ2v) is 4.16. The van der Waals surface area contributed by atoms with Crippen molar-refractivity contribution in [3.05, 3.63) is 28.8 Å². The molecule has 14 heavy (non-hydrogen) atoms. The SMILES string of the molecule is CC(C)CC(=O)c1ccc(Cl)c(N)c1. The maximum atomic E-state index is 11.6. The fraction of sp³-hybridized carbons (Fsp3) is 0.364. The highest BCUT2D eigenvalue weighted by molar-refractivity contribution is 6.33. The fourth-order valence-corrected chi connectivity index (χ4v) is 1.32. The van der Waals surface area contributed by atoms with Crippen LogP contribution in [0.2, 0.25) is 5.02 Å². The number of rotatable bonds is 3. The number of Topliss-reactive ketones (excluding diaryl/α,β-unsaturated/α-hetero) is 1. The fourth-order valence-electron chi connectivity index (χ4n) is 1.21. The molecule has 0 aromatic heterocycles. The first-order chi connectivity index (χ1) is 6.50. The number of nitrogens with two attached hydrogens (primary N) is 1. The summed E-state index contributed by atoms with van der Waals surface area (Å²) in [5, 5.41) is 0.492. The number of hydrogen-bond acceptors (Lipinski definition) is 2. The molecule has 3 heteroatoms. The molecule has 2 N–H and O–H groups in total. The van der Waals surface area contributed by atoms with E-state index in [1.807, 2.05) is 13.8 Å². The van der Waals surface area contributed by atoms with Gasteiger partial charge in [-0.15, -0.1) is 0 Å². The quantitative estimate of drug-likeness (QED) is 0.617. The molecule has 2 nitrogen and oxygen atoms in total. The van der Waals surface area contributed by atoms with Crippen LogP contribution in [-0.2, 0) is 0 Å². The minimum Gasteiger partial charge on any atom is -0.398 e. The van der Waals surface area contributed by atoms with E-state index in [-0.39, 0.29) is 5.78 Å². The summed E-state index contributed by atoms with van der Waals surface area (Å²) in [4.78, 5) is 11.6. The molecule has 0 unspecified atom stereocenters. The van der Waals surface area contributed by atoms with Crippen LogP contribution >= 0.6 is 11.6 Å². The van der Waals surface area contributed by atoms with Gasteiger partial charge in [0.15, 0.2) is 5.78 Å². The van der Waals surface area contributed by atoms with E-state index in [1.165, 1.54) is 0 Å². The van der Waals surface area contributed by atoms with Crippen LogP contribution in [0.3, 0.4) is 0 Å².